The Balaban J connectivity index is 0.000000472. The minimum atomic E-state index is -1.11. The Hall–Kier alpha value is -1.72. The van der Waals surface area contributed by atoms with E-state index in [-0.39, 0.29) is 0 Å². The Morgan fingerprint density at radius 1 is 0.485 bits per heavy atom. The number of hydrogen-bond donors (Lipinski definition) is 4. The van der Waals surface area contributed by atoms with E-state index in [1.54, 1.807) is 0 Å². The number of aliphatic hydroxyl groups excluding tert-OH is 4. The van der Waals surface area contributed by atoms with E-state index in [0.717, 1.165) is 0 Å². The largest absolute Gasteiger partial charge is 0.396 e. The summed E-state index contributed by atoms with van der Waals surface area (Å²) in [6, 6.07) is 17.8. The molecule has 0 amide bonds. The van der Waals surface area contributed by atoms with E-state index in [9.17, 15) is 0 Å². The van der Waals surface area contributed by atoms with Crippen molar-refractivity contribution >= 4 is 0 Å². The second-order valence-corrected chi connectivity index (χ2v) is 10.1. The van der Waals surface area contributed by atoms with Gasteiger partial charge in [0.25, 0.3) is 0 Å². The average Bonchev–Trinajstić information content (AvgIpc) is 2.82. The van der Waals surface area contributed by atoms with Gasteiger partial charge in [-0.05, 0) is 45.9 Å². The summed E-state index contributed by atoms with van der Waals surface area (Å²) in [7, 11) is 0. The van der Waals surface area contributed by atoms with Crippen molar-refractivity contribution in [2.45, 2.75) is 79.1 Å². The molecule has 4 heteroatoms. The molecule has 0 aliphatic carbocycles. The van der Waals surface area contributed by atoms with Crippen molar-refractivity contribution in [1.82, 2.24) is 0 Å². The molecule has 0 atom stereocenters. The van der Waals surface area contributed by atoms with Crippen LogP contribution in [0.4, 0.5) is 0 Å². The maximum absolute atomic E-state index is 8.50. The fraction of sp³-hybridized carbons (Fsp3) is 0.586. The van der Waals surface area contributed by atoms with Gasteiger partial charge in [0.2, 0.25) is 0 Å². The van der Waals surface area contributed by atoms with Crippen LogP contribution in [-0.4, -0.2) is 46.9 Å². The number of benzene rings is 2. The lowest BCUT2D eigenvalue weighted by molar-refractivity contribution is -0.0328. The molecule has 4 N–H and O–H groups in total. The first-order chi connectivity index (χ1) is 15.5. The highest BCUT2D eigenvalue weighted by Crippen LogP contribution is 2.21. The molecule has 0 spiro atoms. The highest BCUT2D eigenvalue weighted by Gasteiger charge is 2.26. The topological polar surface area (TPSA) is 80.9 Å². The molecule has 0 fully saturated rings. The molecule has 0 heterocycles. The third-order valence-electron chi connectivity index (χ3n) is 5.83. The third kappa shape index (κ3) is 11.3. The molecule has 2 aromatic rings. The van der Waals surface area contributed by atoms with Gasteiger partial charge in [-0.3, -0.25) is 0 Å². The lowest BCUT2D eigenvalue weighted by Crippen LogP contribution is -2.37. The second kappa shape index (κ2) is 16.0. The van der Waals surface area contributed by atoms with Gasteiger partial charge in [0, 0.05) is 0 Å². The minimum Gasteiger partial charge on any atom is -0.396 e. The van der Waals surface area contributed by atoms with E-state index in [4.69, 9.17) is 20.4 Å². The van der Waals surface area contributed by atoms with Crippen molar-refractivity contribution in [2.24, 2.45) is 5.41 Å². The Morgan fingerprint density at radius 2 is 0.697 bits per heavy atom. The lowest BCUT2D eigenvalue weighted by atomic mass is 9.93. The van der Waals surface area contributed by atoms with Crippen molar-refractivity contribution in [3.8, 4) is 0 Å². The second-order valence-electron chi connectivity index (χ2n) is 10.1. The molecule has 2 aromatic carbocycles. The number of rotatable bonds is 8. The van der Waals surface area contributed by atoms with Crippen LogP contribution in [0.15, 0.2) is 48.5 Å². The van der Waals surface area contributed by atoms with Gasteiger partial charge in [0.15, 0.2) is 0 Å². The normalized spacial score (nSPS) is 11.4. The number of hydrogen-bond acceptors (Lipinski definition) is 4. The zero-order valence-electron chi connectivity index (χ0n) is 22.0. The van der Waals surface area contributed by atoms with E-state index in [0.29, 0.717) is 23.7 Å². The van der Waals surface area contributed by atoms with Crippen LogP contribution in [0.25, 0.3) is 0 Å². The van der Waals surface area contributed by atoms with Crippen molar-refractivity contribution in [1.29, 1.82) is 0 Å². The molecule has 188 valence electrons. The molecule has 0 aromatic heterocycles. The molecule has 4 nitrogen and oxygen atoms in total. The Morgan fingerprint density at radius 3 is 0.818 bits per heavy atom. The van der Waals surface area contributed by atoms with Crippen LogP contribution >= 0.6 is 0 Å². The quantitative estimate of drug-likeness (QED) is 0.401. The molecule has 33 heavy (non-hydrogen) atoms. The summed E-state index contributed by atoms with van der Waals surface area (Å²) in [6.45, 7) is 16.3. The van der Waals surface area contributed by atoms with Gasteiger partial charge in [0.05, 0.1) is 31.8 Å². The maximum Gasteiger partial charge on any atom is 0.0627 e. The highest BCUT2D eigenvalue weighted by atomic mass is 16.3. The molecule has 0 saturated carbocycles. The fourth-order valence-corrected chi connectivity index (χ4v) is 2.85. The highest BCUT2D eigenvalue weighted by molar-refractivity contribution is 5.28. The minimum absolute atomic E-state index is 0.406. The van der Waals surface area contributed by atoms with E-state index in [1.165, 1.54) is 22.3 Å². The molecule has 0 aliphatic heterocycles. The Labute approximate surface area is 202 Å². The first kappa shape index (κ1) is 31.3. The predicted octanol–water partition coefficient (Wildman–Crippen LogP) is 5.81. The van der Waals surface area contributed by atoms with Crippen LogP contribution in [0.2, 0.25) is 0 Å². The van der Waals surface area contributed by atoms with Crippen LogP contribution in [-0.2, 0) is 0 Å². The van der Waals surface area contributed by atoms with Crippen LogP contribution in [0.5, 0.6) is 0 Å². The summed E-state index contributed by atoms with van der Waals surface area (Å²) >= 11 is 0. The molecule has 0 unspecified atom stereocenters. The van der Waals surface area contributed by atoms with Crippen molar-refractivity contribution in [3.63, 3.8) is 0 Å². The molecule has 2 rings (SSSR count). The van der Waals surface area contributed by atoms with Crippen LogP contribution in [0, 0.1) is 5.41 Å². The van der Waals surface area contributed by atoms with Crippen LogP contribution in [0.3, 0.4) is 0 Å². The van der Waals surface area contributed by atoms with Gasteiger partial charge in [0.1, 0.15) is 0 Å². The summed E-state index contributed by atoms with van der Waals surface area (Å²) < 4.78 is 0. The van der Waals surface area contributed by atoms with Gasteiger partial charge in [-0.1, -0.05) is 104 Å². The van der Waals surface area contributed by atoms with Gasteiger partial charge >= 0.3 is 0 Å². The van der Waals surface area contributed by atoms with Crippen molar-refractivity contribution in [3.05, 3.63) is 70.8 Å². The van der Waals surface area contributed by atoms with E-state index in [2.05, 4.69) is 104 Å². The van der Waals surface area contributed by atoms with Gasteiger partial charge in [-0.2, -0.15) is 0 Å². The smallest absolute Gasteiger partial charge is 0.0627 e. The molecule has 0 bridgehead atoms. The van der Waals surface area contributed by atoms with Gasteiger partial charge < -0.3 is 20.4 Å². The molecule has 0 saturated heterocycles. The average molecular weight is 461 g/mol. The van der Waals surface area contributed by atoms with Gasteiger partial charge in [-0.15, -0.1) is 0 Å². The summed E-state index contributed by atoms with van der Waals surface area (Å²) in [5.74, 6) is 2.57. The maximum atomic E-state index is 8.50. The van der Waals surface area contributed by atoms with E-state index >= 15 is 0 Å². The molecular formula is C29H48O4. The van der Waals surface area contributed by atoms with Crippen LogP contribution in [0.1, 0.15) is 101 Å². The van der Waals surface area contributed by atoms with Crippen molar-refractivity contribution in [2.75, 3.05) is 26.4 Å². The monoisotopic (exact) mass is 460 g/mol. The predicted molar refractivity (Wildman–Crippen MR) is 140 cm³/mol. The zero-order chi connectivity index (χ0) is 25.6. The summed E-state index contributed by atoms with van der Waals surface area (Å²) in [6.07, 6.45) is 0. The summed E-state index contributed by atoms with van der Waals surface area (Å²) in [4.78, 5) is 0. The Kier molecular flexibility index (Phi) is 15.2. The molecular weight excluding hydrogens is 412 g/mol. The summed E-state index contributed by atoms with van der Waals surface area (Å²) in [5.41, 5.74) is 4.67. The van der Waals surface area contributed by atoms with Crippen molar-refractivity contribution < 1.29 is 20.4 Å². The zero-order valence-corrected chi connectivity index (χ0v) is 22.0. The van der Waals surface area contributed by atoms with Crippen LogP contribution < -0.4 is 0 Å². The fourth-order valence-electron chi connectivity index (χ4n) is 2.85. The molecule has 0 radical (unpaired) electrons. The summed E-state index contributed by atoms with van der Waals surface area (Å²) in [5, 5.41) is 34.0. The first-order valence-corrected chi connectivity index (χ1v) is 12.1. The SMILES string of the molecule is CC(C)c1cccc(C(C)C)c1.CC(C)c1cccc(C(C)C)c1.OCC(CO)(CO)CO. The third-order valence-corrected chi connectivity index (χ3v) is 5.83. The van der Waals surface area contributed by atoms with E-state index in [1.807, 2.05) is 0 Å². The first-order valence-electron chi connectivity index (χ1n) is 12.1. The molecule has 0 aliphatic rings. The standard InChI is InChI=1S/2C12H18.C5H12O4/c2*1-9(2)11-6-5-7-12(8-11)10(3)4;6-1-5(2-7,3-8)4-9/h2*5-10H,1-4H3;6-9H,1-4H2. The number of aliphatic hydroxyl groups is 4. The lowest BCUT2D eigenvalue weighted by Gasteiger charge is -2.23. The Bertz CT molecular complexity index is 642. The van der Waals surface area contributed by atoms with Gasteiger partial charge in [-0.25, -0.2) is 0 Å². The van der Waals surface area contributed by atoms with E-state index < -0.39 is 31.8 Å².